The highest BCUT2D eigenvalue weighted by atomic mass is 79.9. The van der Waals surface area contributed by atoms with E-state index in [0.29, 0.717) is 6.54 Å². The molecule has 0 saturated carbocycles. The summed E-state index contributed by atoms with van der Waals surface area (Å²) in [6, 6.07) is 4.54. The van der Waals surface area contributed by atoms with Gasteiger partial charge in [-0.25, -0.2) is 4.39 Å². The minimum absolute atomic E-state index is 0.243. The molecule has 0 aromatic heterocycles. The summed E-state index contributed by atoms with van der Waals surface area (Å²) in [6.45, 7) is 6.32. The lowest BCUT2D eigenvalue weighted by Gasteiger charge is -2.07. The highest BCUT2D eigenvalue weighted by molar-refractivity contribution is 9.10. The van der Waals surface area contributed by atoms with Crippen LogP contribution in [0, 0.1) is 5.82 Å². The molecule has 1 N–H and O–H groups in total. The summed E-state index contributed by atoms with van der Waals surface area (Å²) >= 11 is 3.32. The fourth-order valence-electron chi connectivity index (χ4n) is 0.879. The maximum absolute atomic E-state index is 12.8. The Hall–Kier alpha value is -0.830. The quantitative estimate of drug-likeness (QED) is 0.801. The van der Waals surface area contributed by atoms with Gasteiger partial charge in [-0.1, -0.05) is 12.2 Å². The molecule has 70 valence electrons. The first-order valence-electron chi connectivity index (χ1n) is 3.93. The van der Waals surface area contributed by atoms with Crippen molar-refractivity contribution in [3.8, 4) is 0 Å². The molecule has 0 amide bonds. The molecule has 1 rings (SSSR count). The van der Waals surface area contributed by atoms with Gasteiger partial charge in [0.15, 0.2) is 0 Å². The minimum atomic E-state index is -0.243. The van der Waals surface area contributed by atoms with Gasteiger partial charge in [0.2, 0.25) is 0 Å². The summed E-state index contributed by atoms with van der Waals surface area (Å²) in [5.41, 5.74) is 1.76. The lowest BCUT2D eigenvalue weighted by molar-refractivity contribution is 0.628. The van der Waals surface area contributed by atoms with Gasteiger partial charge in [-0.2, -0.15) is 0 Å². The lowest BCUT2D eigenvalue weighted by atomic mass is 10.3. The first kappa shape index (κ1) is 10.3. The summed E-state index contributed by atoms with van der Waals surface area (Å²) < 4.78 is 13.6. The van der Waals surface area contributed by atoms with Gasteiger partial charge in [0, 0.05) is 11.0 Å². The molecule has 0 aliphatic rings. The van der Waals surface area contributed by atoms with Crippen LogP contribution in [-0.2, 0) is 0 Å². The van der Waals surface area contributed by atoms with Crippen molar-refractivity contribution in [3.05, 3.63) is 40.6 Å². The topological polar surface area (TPSA) is 12.0 Å². The molecule has 1 nitrogen and oxygen atoms in total. The van der Waals surface area contributed by atoms with Gasteiger partial charge in [-0.05, 0) is 41.1 Å². The third-order valence-corrected chi connectivity index (χ3v) is 2.20. The Morgan fingerprint density at radius 1 is 1.62 bits per heavy atom. The van der Waals surface area contributed by atoms with Crippen LogP contribution < -0.4 is 5.32 Å². The van der Waals surface area contributed by atoms with Crippen LogP contribution in [0.25, 0.3) is 0 Å². The number of hydrogen-bond acceptors (Lipinski definition) is 1. The fourth-order valence-corrected chi connectivity index (χ4v) is 1.27. The Morgan fingerprint density at radius 2 is 2.31 bits per heavy atom. The molecule has 0 fully saturated rings. The zero-order valence-electron chi connectivity index (χ0n) is 7.40. The van der Waals surface area contributed by atoms with Gasteiger partial charge in [0.05, 0.1) is 5.69 Å². The van der Waals surface area contributed by atoms with E-state index in [4.69, 9.17) is 0 Å². The molecule has 1 aromatic rings. The van der Waals surface area contributed by atoms with E-state index in [0.717, 1.165) is 15.7 Å². The Morgan fingerprint density at radius 3 is 2.92 bits per heavy atom. The second-order valence-electron chi connectivity index (χ2n) is 2.93. The second-order valence-corrected chi connectivity index (χ2v) is 3.79. The molecular weight excluding hydrogens is 233 g/mol. The predicted molar refractivity (Wildman–Crippen MR) is 57.4 cm³/mol. The van der Waals surface area contributed by atoms with Gasteiger partial charge in [0.1, 0.15) is 5.82 Å². The molecule has 13 heavy (non-hydrogen) atoms. The normalized spacial score (nSPS) is 9.77. The summed E-state index contributed by atoms with van der Waals surface area (Å²) in [7, 11) is 0. The summed E-state index contributed by atoms with van der Waals surface area (Å²) in [6.07, 6.45) is 0. The highest BCUT2D eigenvalue weighted by Crippen LogP contribution is 2.22. The molecule has 0 unspecified atom stereocenters. The number of hydrogen-bond donors (Lipinski definition) is 1. The molecule has 0 atom stereocenters. The molecule has 0 heterocycles. The van der Waals surface area contributed by atoms with E-state index < -0.39 is 0 Å². The molecule has 3 heteroatoms. The third-order valence-electron chi connectivity index (χ3n) is 1.51. The van der Waals surface area contributed by atoms with Crippen molar-refractivity contribution in [2.75, 3.05) is 11.9 Å². The van der Waals surface area contributed by atoms with Crippen molar-refractivity contribution < 1.29 is 4.39 Å². The predicted octanol–water partition coefficient (Wildman–Crippen LogP) is 3.58. The zero-order chi connectivity index (χ0) is 9.84. The van der Waals surface area contributed by atoms with Gasteiger partial charge in [-0.15, -0.1) is 0 Å². The van der Waals surface area contributed by atoms with Crippen LogP contribution in [-0.4, -0.2) is 6.54 Å². The fraction of sp³-hybridized carbons (Fsp3) is 0.200. The second kappa shape index (κ2) is 4.42. The van der Waals surface area contributed by atoms with Crippen LogP contribution in [0.3, 0.4) is 0 Å². The summed E-state index contributed by atoms with van der Waals surface area (Å²) in [4.78, 5) is 0. The maximum atomic E-state index is 12.8. The number of halogens is 2. The Bertz CT molecular complexity index is 323. The van der Waals surface area contributed by atoms with Gasteiger partial charge < -0.3 is 5.32 Å². The summed E-state index contributed by atoms with van der Waals surface area (Å²) in [5.74, 6) is -0.243. The number of anilines is 1. The van der Waals surface area contributed by atoms with E-state index >= 15 is 0 Å². The van der Waals surface area contributed by atoms with E-state index in [2.05, 4.69) is 27.8 Å². The van der Waals surface area contributed by atoms with E-state index in [1.807, 2.05) is 6.92 Å². The standard InChI is InChI=1S/C10H11BrFN/c1-7(2)6-13-10-5-8(12)3-4-9(10)11/h3-5,13H,1,6H2,2H3. The zero-order valence-corrected chi connectivity index (χ0v) is 8.99. The van der Waals surface area contributed by atoms with Crippen molar-refractivity contribution in [2.45, 2.75) is 6.92 Å². The number of benzene rings is 1. The van der Waals surface area contributed by atoms with Crippen LogP contribution in [0.1, 0.15) is 6.92 Å². The number of nitrogens with one attached hydrogen (secondary N) is 1. The Balaban J connectivity index is 2.75. The van der Waals surface area contributed by atoms with Crippen LogP contribution in [0.2, 0.25) is 0 Å². The molecule has 0 aliphatic carbocycles. The molecule has 0 saturated heterocycles. The summed E-state index contributed by atoms with van der Waals surface area (Å²) in [5, 5.41) is 3.07. The maximum Gasteiger partial charge on any atom is 0.125 e. The molecule has 0 spiro atoms. The Labute approximate surface area is 85.8 Å². The smallest absolute Gasteiger partial charge is 0.125 e. The van der Waals surface area contributed by atoms with Crippen LogP contribution in [0.15, 0.2) is 34.8 Å². The van der Waals surface area contributed by atoms with Gasteiger partial charge >= 0.3 is 0 Å². The van der Waals surface area contributed by atoms with E-state index in [9.17, 15) is 4.39 Å². The minimum Gasteiger partial charge on any atom is -0.380 e. The highest BCUT2D eigenvalue weighted by Gasteiger charge is 2.00. The van der Waals surface area contributed by atoms with Crippen LogP contribution >= 0.6 is 15.9 Å². The molecule has 1 aromatic carbocycles. The average molecular weight is 244 g/mol. The van der Waals surface area contributed by atoms with Gasteiger partial charge in [0.25, 0.3) is 0 Å². The van der Waals surface area contributed by atoms with E-state index in [-0.39, 0.29) is 5.82 Å². The average Bonchev–Trinajstić information content (AvgIpc) is 2.06. The lowest BCUT2D eigenvalue weighted by Crippen LogP contribution is -2.02. The molecule has 0 bridgehead atoms. The van der Waals surface area contributed by atoms with Crippen molar-refractivity contribution in [2.24, 2.45) is 0 Å². The van der Waals surface area contributed by atoms with Crippen LogP contribution in [0.5, 0.6) is 0 Å². The third kappa shape index (κ3) is 3.19. The first-order valence-corrected chi connectivity index (χ1v) is 4.72. The van der Waals surface area contributed by atoms with Crippen molar-refractivity contribution in [1.29, 1.82) is 0 Å². The Kier molecular flexibility index (Phi) is 3.48. The molecule has 0 radical (unpaired) electrons. The van der Waals surface area contributed by atoms with Crippen LogP contribution in [0.4, 0.5) is 10.1 Å². The van der Waals surface area contributed by atoms with E-state index in [1.165, 1.54) is 12.1 Å². The van der Waals surface area contributed by atoms with Crippen molar-refractivity contribution in [3.63, 3.8) is 0 Å². The largest absolute Gasteiger partial charge is 0.380 e. The van der Waals surface area contributed by atoms with Crippen molar-refractivity contribution in [1.82, 2.24) is 0 Å². The SMILES string of the molecule is C=C(C)CNc1cc(F)ccc1Br. The molecular formula is C10H11BrFN. The van der Waals surface area contributed by atoms with Crippen molar-refractivity contribution >= 4 is 21.6 Å². The monoisotopic (exact) mass is 243 g/mol. The van der Waals surface area contributed by atoms with Gasteiger partial charge in [-0.3, -0.25) is 0 Å². The van der Waals surface area contributed by atoms with E-state index in [1.54, 1.807) is 6.07 Å². The molecule has 0 aliphatic heterocycles. The number of rotatable bonds is 3. The first-order chi connectivity index (χ1) is 6.09.